The molecule has 0 aliphatic carbocycles. The van der Waals surface area contributed by atoms with E-state index in [1.165, 1.54) is 0 Å². The van der Waals surface area contributed by atoms with E-state index in [9.17, 15) is 0 Å². The molecule has 4 nitrogen and oxygen atoms in total. The fraction of sp³-hybridized carbons (Fsp3) is 1.00. The molecule has 4 heteroatoms. The standard InChI is InChI=1S/C4H11N3O/c1-3-4(2)6-7(8)5-3/h3-6,8H,1-2H3. The van der Waals surface area contributed by atoms with E-state index in [1.54, 1.807) is 0 Å². The van der Waals surface area contributed by atoms with E-state index in [0.717, 1.165) is 5.28 Å². The number of nitrogens with zero attached hydrogens (tertiary/aromatic N) is 1. The van der Waals surface area contributed by atoms with Gasteiger partial charge in [0.1, 0.15) is 0 Å². The molecule has 1 aliphatic heterocycles. The van der Waals surface area contributed by atoms with Gasteiger partial charge in [0.05, 0.1) is 0 Å². The van der Waals surface area contributed by atoms with Crippen LogP contribution < -0.4 is 10.9 Å². The monoisotopic (exact) mass is 117 g/mol. The van der Waals surface area contributed by atoms with Gasteiger partial charge in [0.15, 0.2) is 0 Å². The summed E-state index contributed by atoms with van der Waals surface area (Å²) in [4.78, 5) is 0. The first kappa shape index (κ1) is 5.97. The molecule has 0 bridgehead atoms. The molecule has 48 valence electrons. The van der Waals surface area contributed by atoms with E-state index >= 15 is 0 Å². The van der Waals surface area contributed by atoms with Gasteiger partial charge in [-0.15, -0.1) is 0 Å². The van der Waals surface area contributed by atoms with Gasteiger partial charge in [-0.05, 0) is 13.8 Å². The van der Waals surface area contributed by atoms with E-state index in [2.05, 4.69) is 10.9 Å². The third-order valence-corrected chi connectivity index (χ3v) is 1.40. The minimum absolute atomic E-state index is 0.306. The Kier molecular flexibility index (Phi) is 1.48. The molecule has 1 heterocycles. The van der Waals surface area contributed by atoms with Gasteiger partial charge in [0.25, 0.3) is 0 Å². The molecule has 2 atom stereocenters. The molecule has 0 saturated carbocycles. The van der Waals surface area contributed by atoms with Crippen LogP contribution in [-0.4, -0.2) is 22.6 Å². The van der Waals surface area contributed by atoms with E-state index in [0.29, 0.717) is 12.1 Å². The normalized spacial score (nSPS) is 40.9. The Bertz CT molecular complexity index is 77.4. The summed E-state index contributed by atoms with van der Waals surface area (Å²) >= 11 is 0. The molecule has 1 fully saturated rings. The second-order valence-corrected chi connectivity index (χ2v) is 2.15. The van der Waals surface area contributed by atoms with Crippen molar-refractivity contribution < 1.29 is 5.21 Å². The van der Waals surface area contributed by atoms with Crippen molar-refractivity contribution in [3.63, 3.8) is 0 Å². The first-order valence-corrected chi connectivity index (χ1v) is 2.71. The van der Waals surface area contributed by atoms with Crippen LogP contribution in [0.25, 0.3) is 0 Å². The quantitative estimate of drug-likeness (QED) is 0.399. The molecule has 0 spiro atoms. The Morgan fingerprint density at radius 3 is 1.75 bits per heavy atom. The van der Waals surface area contributed by atoms with Crippen LogP contribution in [0.1, 0.15) is 13.8 Å². The number of hydrogen-bond donors (Lipinski definition) is 3. The summed E-state index contributed by atoms with van der Waals surface area (Å²) < 4.78 is 0. The van der Waals surface area contributed by atoms with Crippen LogP contribution in [0.5, 0.6) is 0 Å². The van der Waals surface area contributed by atoms with Crippen LogP contribution in [0.4, 0.5) is 0 Å². The van der Waals surface area contributed by atoms with Gasteiger partial charge in [0.2, 0.25) is 0 Å². The van der Waals surface area contributed by atoms with Crippen molar-refractivity contribution in [1.29, 1.82) is 0 Å². The molecule has 0 aromatic carbocycles. The average Bonchev–Trinajstić information content (AvgIpc) is 1.85. The summed E-state index contributed by atoms with van der Waals surface area (Å²) in [6.45, 7) is 3.99. The smallest absolute Gasteiger partial charge is 0.0388 e. The van der Waals surface area contributed by atoms with Crippen molar-refractivity contribution in [2.24, 2.45) is 0 Å². The molecule has 3 N–H and O–H groups in total. The first-order chi connectivity index (χ1) is 3.70. The van der Waals surface area contributed by atoms with Crippen molar-refractivity contribution >= 4 is 0 Å². The van der Waals surface area contributed by atoms with Crippen molar-refractivity contribution in [2.45, 2.75) is 25.9 Å². The highest BCUT2D eigenvalue weighted by Crippen LogP contribution is 1.97. The molecule has 2 unspecified atom stereocenters. The van der Waals surface area contributed by atoms with Gasteiger partial charge in [-0.1, -0.05) is 5.28 Å². The summed E-state index contributed by atoms with van der Waals surface area (Å²) in [7, 11) is 0. The lowest BCUT2D eigenvalue weighted by Crippen LogP contribution is -2.36. The Labute approximate surface area is 48.4 Å². The molecule has 0 aromatic rings. The highest BCUT2D eigenvalue weighted by atomic mass is 16.6. The van der Waals surface area contributed by atoms with Gasteiger partial charge in [-0.25, -0.2) is 10.9 Å². The van der Waals surface area contributed by atoms with Gasteiger partial charge in [0, 0.05) is 12.1 Å². The average molecular weight is 117 g/mol. The van der Waals surface area contributed by atoms with Crippen LogP contribution in [0.3, 0.4) is 0 Å². The van der Waals surface area contributed by atoms with Gasteiger partial charge in [-0.3, -0.25) is 5.21 Å². The Morgan fingerprint density at radius 2 is 1.62 bits per heavy atom. The maximum absolute atomic E-state index is 8.68. The van der Waals surface area contributed by atoms with E-state index in [1.807, 2.05) is 13.8 Å². The number of rotatable bonds is 0. The lowest BCUT2D eigenvalue weighted by molar-refractivity contribution is -0.157. The molecule has 0 amide bonds. The highest BCUT2D eigenvalue weighted by Gasteiger charge is 2.22. The third-order valence-electron chi connectivity index (χ3n) is 1.40. The van der Waals surface area contributed by atoms with Crippen LogP contribution >= 0.6 is 0 Å². The van der Waals surface area contributed by atoms with Crippen molar-refractivity contribution in [2.75, 3.05) is 0 Å². The zero-order valence-corrected chi connectivity index (χ0v) is 5.05. The van der Waals surface area contributed by atoms with E-state index in [4.69, 9.17) is 5.21 Å². The summed E-state index contributed by atoms with van der Waals surface area (Å²) in [6.07, 6.45) is 0. The summed E-state index contributed by atoms with van der Waals surface area (Å²) in [5.74, 6) is 0. The van der Waals surface area contributed by atoms with Crippen molar-refractivity contribution in [3.05, 3.63) is 0 Å². The molecule has 8 heavy (non-hydrogen) atoms. The molecule has 1 aliphatic rings. The summed E-state index contributed by atoms with van der Waals surface area (Å²) in [5, 5.41) is 9.58. The van der Waals surface area contributed by atoms with Crippen LogP contribution in [0, 0.1) is 0 Å². The van der Waals surface area contributed by atoms with Crippen LogP contribution in [0.15, 0.2) is 0 Å². The maximum atomic E-state index is 8.68. The minimum Gasteiger partial charge on any atom is -0.285 e. The maximum Gasteiger partial charge on any atom is 0.0388 e. The fourth-order valence-corrected chi connectivity index (χ4v) is 0.647. The zero-order chi connectivity index (χ0) is 6.15. The predicted molar refractivity (Wildman–Crippen MR) is 28.8 cm³/mol. The Hall–Kier alpha value is -0.160. The Morgan fingerprint density at radius 1 is 1.25 bits per heavy atom. The predicted octanol–water partition coefficient (Wildman–Crippen LogP) is -0.523. The first-order valence-electron chi connectivity index (χ1n) is 2.71. The van der Waals surface area contributed by atoms with Gasteiger partial charge < -0.3 is 0 Å². The van der Waals surface area contributed by atoms with Gasteiger partial charge >= 0.3 is 0 Å². The lowest BCUT2D eigenvalue weighted by atomic mass is 10.2. The second-order valence-electron chi connectivity index (χ2n) is 2.15. The fourth-order valence-electron chi connectivity index (χ4n) is 0.647. The lowest BCUT2D eigenvalue weighted by Gasteiger charge is -2.03. The summed E-state index contributed by atoms with van der Waals surface area (Å²) in [6, 6.07) is 0.611. The number of nitrogens with one attached hydrogen (secondary N) is 2. The largest absolute Gasteiger partial charge is 0.285 e. The molecule has 0 aromatic heterocycles. The van der Waals surface area contributed by atoms with Crippen LogP contribution in [0.2, 0.25) is 0 Å². The number of hydrogen-bond acceptors (Lipinski definition) is 4. The SMILES string of the molecule is CC1NN(O)NC1C. The molecule has 1 rings (SSSR count). The third kappa shape index (κ3) is 0.976. The van der Waals surface area contributed by atoms with Gasteiger partial charge in [-0.2, -0.15) is 0 Å². The topological polar surface area (TPSA) is 47.5 Å². The molecule has 1 saturated heterocycles. The summed E-state index contributed by atoms with van der Waals surface area (Å²) in [5.41, 5.74) is 5.49. The van der Waals surface area contributed by atoms with Crippen LogP contribution in [-0.2, 0) is 0 Å². The minimum atomic E-state index is 0.306. The zero-order valence-electron chi connectivity index (χ0n) is 5.05. The van der Waals surface area contributed by atoms with Crippen molar-refractivity contribution in [3.8, 4) is 0 Å². The Balaban J connectivity index is 2.39. The second kappa shape index (κ2) is 1.99. The van der Waals surface area contributed by atoms with E-state index < -0.39 is 0 Å². The molecular weight excluding hydrogens is 106 g/mol. The molecular formula is C4H11N3O. The van der Waals surface area contributed by atoms with E-state index in [-0.39, 0.29) is 0 Å². The van der Waals surface area contributed by atoms with Crippen molar-refractivity contribution in [1.82, 2.24) is 16.1 Å². The molecule has 0 radical (unpaired) electrons. The number of hydrazine groups is 2. The highest BCUT2D eigenvalue weighted by molar-refractivity contribution is 4.74.